The first-order valence-electron chi connectivity index (χ1n) is 7.17. The third kappa shape index (κ3) is 3.27. The predicted molar refractivity (Wildman–Crippen MR) is 85.8 cm³/mol. The fourth-order valence-corrected chi connectivity index (χ4v) is 2.35. The van der Waals surface area contributed by atoms with Gasteiger partial charge in [0.25, 0.3) is 0 Å². The van der Waals surface area contributed by atoms with Crippen LogP contribution in [0, 0.1) is 11.6 Å². The third-order valence-electron chi connectivity index (χ3n) is 3.57. The topological polar surface area (TPSA) is 89.8 Å². The van der Waals surface area contributed by atoms with Gasteiger partial charge >= 0.3 is 11.7 Å². The molecule has 124 valence electrons. The second kappa shape index (κ2) is 6.15. The van der Waals surface area contributed by atoms with Crippen LogP contribution in [-0.2, 0) is 0 Å². The van der Waals surface area contributed by atoms with Gasteiger partial charge in [0.1, 0.15) is 11.6 Å². The number of anilines is 1. The van der Waals surface area contributed by atoms with E-state index in [1.807, 2.05) is 0 Å². The molecule has 1 heterocycles. The summed E-state index contributed by atoms with van der Waals surface area (Å²) in [6, 6.07) is 7.08. The molecule has 24 heavy (non-hydrogen) atoms. The molecule has 0 aliphatic carbocycles. The Hall–Kier alpha value is -3.16. The molecule has 0 unspecified atom stereocenters. The van der Waals surface area contributed by atoms with Crippen LogP contribution in [0.25, 0.3) is 11.0 Å². The van der Waals surface area contributed by atoms with Crippen LogP contribution in [0.15, 0.2) is 41.2 Å². The quantitative estimate of drug-likeness (QED) is 0.594. The van der Waals surface area contributed by atoms with Gasteiger partial charge in [0.15, 0.2) is 0 Å². The van der Waals surface area contributed by atoms with Crippen LogP contribution < -0.4 is 16.3 Å². The van der Waals surface area contributed by atoms with Crippen molar-refractivity contribution in [2.75, 3.05) is 5.32 Å². The Labute approximate surface area is 134 Å². The molecule has 0 saturated heterocycles. The zero-order valence-electron chi connectivity index (χ0n) is 12.6. The third-order valence-corrected chi connectivity index (χ3v) is 3.57. The minimum absolute atomic E-state index is 0.119. The molecule has 0 fully saturated rings. The molecule has 2 aromatic carbocycles. The number of fused-ring (bicyclic) bond motifs is 1. The number of imidazole rings is 1. The molecule has 2 amide bonds. The molecule has 8 heteroatoms. The van der Waals surface area contributed by atoms with E-state index in [-0.39, 0.29) is 11.4 Å². The summed E-state index contributed by atoms with van der Waals surface area (Å²) in [4.78, 5) is 28.5. The molecule has 0 saturated carbocycles. The summed E-state index contributed by atoms with van der Waals surface area (Å²) < 4.78 is 26.4. The van der Waals surface area contributed by atoms with Crippen molar-refractivity contribution in [2.45, 2.75) is 13.0 Å². The zero-order chi connectivity index (χ0) is 17.3. The van der Waals surface area contributed by atoms with Gasteiger partial charge in [-0.3, -0.25) is 0 Å². The molecule has 1 aromatic heterocycles. The minimum Gasteiger partial charge on any atom is -0.331 e. The van der Waals surface area contributed by atoms with E-state index in [0.29, 0.717) is 17.1 Å². The number of halogens is 2. The molecule has 1 atom stereocenters. The summed E-state index contributed by atoms with van der Waals surface area (Å²) in [5, 5.41) is 4.97. The van der Waals surface area contributed by atoms with Crippen LogP contribution in [-0.4, -0.2) is 16.0 Å². The second-order valence-electron chi connectivity index (χ2n) is 5.33. The lowest BCUT2D eigenvalue weighted by Crippen LogP contribution is -2.31. The SMILES string of the molecule is C[C@H](NC(=O)Nc1ccc(F)cc1F)c1ccc2[nH]c(=O)[nH]c2c1. The van der Waals surface area contributed by atoms with Gasteiger partial charge in [0.05, 0.1) is 22.8 Å². The Morgan fingerprint density at radius 2 is 1.83 bits per heavy atom. The van der Waals surface area contributed by atoms with Crippen LogP contribution in [0.4, 0.5) is 19.3 Å². The first-order valence-corrected chi connectivity index (χ1v) is 7.17. The van der Waals surface area contributed by atoms with Gasteiger partial charge in [-0.25, -0.2) is 18.4 Å². The van der Waals surface area contributed by atoms with Gasteiger partial charge in [0, 0.05) is 6.07 Å². The van der Waals surface area contributed by atoms with E-state index in [9.17, 15) is 18.4 Å². The Kier molecular flexibility index (Phi) is 4.03. The number of hydrogen-bond acceptors (Lipinski definition) is 2. The molecule has 3 rings (SSSR count). The summed E-state index contributed by atoms with van der Waals surface area (Å²) in [6.07, 6.45) is 0. The number of aromatic amines is 2. The van der Waals surface area contributed by atoms with Crippen molar-refractivity contribution in [1.29, 1.82) is 0 Å². The van der Waals surface area contributed by atoms with Crippen molar-refractivity contribution in [3.63, 3.8) is 0 Å². The van der Waals surface area contributed by atoms with Gasteiger partial charge in [-0.15, -0.1) is 0 Å². The molecule has 4 N–H and O–H groups in total. The average Bonchev–Trinajstić information content (AvgIpc) is 2.89. The smallest absolute Gasteiger partial charge is 0.323 e. The van der Waals surface area contributed by atoms with Crippen LogP contribution in [0.5, 0.6) is 0 Å². The molecular formula is C16H14F2N4O2. The van der Waals surface area contributed by atoms with Crippen molar-refractivity contribution in [3.8, 4) is 0 Å². The summed E-state index contributed by atoms with van der Waals surface area (Å²) in [6.45, 7) is 1.74. The second-order valence-corrected chi connectivity index (χ2v) is 5.33. The Bertz CT molecular complexity index is 964. The zero-order valence-corrected chi connectivity index (χ0v) is 12.6. The molecule has 6 nitrogen and oxygen atoms in total. The van der Waals surface area contributed by atoms with E-state index in [0.717, 1.165) is 17.7 Å². The number of hydrogen-bond donors (Lipinski definition) is 4. The fourth-order valence-electron chi connectivity index (χ4n) is 2.35. The molecular weight excluding hydrogens is 318 g/mol. The van der Waals surface area contributed by atoms with E-state index in [2.05, 4.69) is 20.6 Å². The number of aromatic nitrogens is 2. The summed E-state index contributed by atoms with van der Waals surface area (Å²) in [5.41, 5.74) is 1.61. The van der Waals surface area contributed by atoms with Gasteiger partial charge in [-0.2, -0.15) is 0 Å². The maximum Gasteiger partial charge on any atom is 0.323 e. The van der Waals surface area contributed by atoms with E-state index in [1.165, 1.54) is 0 Å². The standard InChI is InChI=1S/C16H14F2N4O2/c1-8(9-2-4-13-14(6-9)22-16(24)21-13)19-15(23)20-12-5-3-10(17)7-11(12)18/h2-8H,1H3,(H2,19,20,23)(H2,21,22,24)/t8-/m0/s1. The summed E-state index contributed by atoms with van der Waals surface area (Å²) >= 11 is 0. The fraction of sp³-hybridized carbons (Fsp3) is 0.125. The molecule has 0 radical (unpaired) electrons. The Morgan fingerprint density at radius 1 is 1.08 bits per heavy atom. The van der Waals surface area contributed by atoms with Crippen LogP contribution >= 0.6 is 0 Å². The highest BCUT2D eigenvalue weighted by Gasteiger charge is 2.13. The van der Waals surface area contributed by atoms with Crippen LogP contribution in [0.1, 0.15) is 18.5 Å². The van der Waals surface area contributed by atoms with Gasteiger partial charge in [0.2, 0.25) is 0 Å². The number of H-pyrrole nitrogens is 2. The first-order chi connectivity index (χ1) is 11.4. The number of carbonyl (C=O) groups is 1. The highest BCUT2D eigenvalue weighted by molar-refractivity contribution is 5.89. The average molecular weight is 332 g/mol. The number of rotatable bonds is 3. The van der Waals surface area contributed by atoms with Crippen LogP contribution in [0.3, 0.4) is 0 Å². The first kappa shape index (κ1) is 15.7. The maximum absolute atomic E-state index is 13.5. The Balaban J connectivity index is 1.71. The van der Waals surface area contributed by atoms with Crippen molar-refractivity contribution in [2.24, 2.45) is 0 Å². The molecule has 0 bridgehead atoms. The molecule has 3 aromatic rings. The van der Waals surface area contributed by atoms with E-state index >= 15 is 0 Å². The normalized spacial score (nSPS) is 12.1. The van der Waals surface area contributed by atoms with E-state index in [1.54, 1.807) is 25.1 Å². The highest BCUT2D eigenvalue weighted by atomic mass is 19.1. The van der Waals surface area contributed by atoms with Crippen molar-refractivity contribution in [3.05, 3.63) is 64.1 Å². The minimum atomic E-state index is -0.857. The number of amides is 2. The lowest BCUT2D eigenvalue weighted by atomic mass is 10.1. The lowest BCUT2D eigenvalue weighted by Gasteiger charge is -2.15. The molecule has 0 aliphatic rings. The van der Waals surface area contributed by atoms with Gasteiger partial charge in [-0.1, -0.05) is 6.07 Å². The van der Waals surface area contributed by atoms with Crippen molar-refractivity contribution in [1.82, 2.24) is 15.3 Å². The largest absolute Gasteiger partial charge is 0.331 e. The number of urea groups is 1. The van der Waals surface area contributed by atoms with Crippen LogP contribution in [0.2, 0.25) is 0 Å². The predicted octanol–water partition coefficient (Wildman–Crippen LogP) is 3.02. The lowest BCUT2D eigenvalue weighted by molar-refractivity contribution is 0.249. The van der Waals surface area contributed by atoms with Crippen molar-refractivity contribution >= 4 is 22.8 Å². The molecule has 0 aliphatic heterocycles. The van der Waals surface area contributed by atoms with E-state index < -0.39 is 23.7 Å². The number of benzene rings is 2. The molecule has 0 spiro atoms. The van der Waals surface area contributed by atoms with Gasteiger partial charge in [-0.05, 0) is 36.8 Å². The number of nitrogens with one attached hydrogen (secondary N) is 4. The van der Waals surface area contributed by atoms with Crippen molar-refractivity contribution < 1.29 is 13.6 Å². The monoisotopic (exact) mass is 332 g/mol. The summed E-state index contributed by atoms with van der Waals surface area (Å²) in [5.74, 6) is -1.58. The van der Waals surface area contributed by atoms with E-state index in [4.69, 9.17) is 0 Å². The number of carbonyl (C=O) groups excluding carboxylic acids is 1. The highest BCUT2D eigenvalue weighted by Crippen LogP contribution is 2.18. The Morgan fingerprint density at radius 3 is 2.58 bits per heavy atom. The maximum atomic E-state index is 13.5. The summed E-state index contributed by atoms with van der Waals surface area (Å²) in [7, 11) is 0. The van der Waals surface area contributed by atoms with Gasteiger partial charge < -0.3 is 20.6 Å².